The van der Waals surface area contributed by atoms with E-state index in [2.05, 4.69) is 471 Å². The largest absolute Gasteiger partial charge is 0.310 e. The Morgan fingerprint density at radius 1 is 0.202 bits per heavy atom. The minimum absolute atomic E-state index is 0.299. The van der Waals surface area contributed by atoms with Crippen molar-refractivity contribution in [1.82, 2.24) is 4.57 Å². The van der Waals surface area contributed by atoms with Crippen LogP contribution >= 0.6 is 0 Å². The lowest BCUT2D eigenvalue weighted by Gasteiger charge is -2.32. The van der Waals surface area contributed by atoms with E-state index in [4.69, 9.17) is 0 Å². The third kappa shape index (κ3) is 11.3. The van der Waals surface area contributed by atoms with Gasteiger partial charge in [-0.25, -0.2) is 0 Å². The molecule has 0 aliphatic heterocycles. The van der Waals surface area contributed by atoms with E-state index >= 15 is 0 Å². The fraction of sp³-hybridized carbons (Fsp3) is 0.0345. The summed E-state index contributed by atoms with van der Waals surface area (Å²) in [6, 6.07) is 165. The highest BCUT2D eigenvalue weighted by molar-refractivity contribution is 6.13. The average molecular weight is 1510 g/mol. The molecule has 0 radical (unpaired) electrons. The first-order chi connectivity index (χ1) is 58.7. The molecular weight excluding hydrogens is 1440 g/mol. The summed E-state index contributed by atoms with van der Waals surface area (Å²) in [6.45, 7) is 4.84. The van der Waals surface area contributed by atoms with Gasteiger partial charge >= 0.3 is 0 Å². The summed E-state index contributed by atoms with van der Waals surface area (Å²) in [6.07, 6.45) is 0. The highest BCUT2D eigenvalue weighted by Crippen LogP contribution is 2.66. The zero-order valence-electron chi connectivity index (χ0n) is 66.0. The third-order valence-electron chi connectivity index (χ3n) is 25.8. The van der Waals surface area contributed by atoms with Gasteiger partial charge in [0.1, 0.15) is 0 Å². The maximum atomic E-state index is 2.56. The molecule has 20 aromatic rings. The topological polar surface area (TPSA) is 11.4 Å². The van der Waals surface area contributed by atoms with E-state index in [9.17, 15) is 0 Å². The Kier molecular flexibility index (Phi) is 16.2. The van der Waals surface area contributed by atoms with Crippen molar-refractivity contribution >= 4 is 66.7 Å². The Labute approximate surface area is 694 Å². The molecule has 0 bridgehead atoms. The van der Waals surface area contributed by atoms with E-state index < -0.39 is 5.41 Å². The van der Waals surface area contributed by atoms with Crippen LogP contribution in [0.5, 0.6) is 0 Å². The van der Waals surface area contributed by atoms with Gasteiger partial charge in [-0.2, -0.15) is 0 Å². The van der Waals surface area contributed by atoms with Crippen molar-refractivity contribution in [2.45, 2.75) is 24.7 Å². The highest BCUT2D eigenvalue weighted by Gasteiger charge is 2.53. The second kappa shape index (κ2) is 27.8. The van der Waals surface area contributed by atoms with Gasteiger partial charge in [0.25, 0.3) is 0 Å². The molecule has 119 heavy (non-hydrogen) atoms. The van der Waals surface area contributed by atoms with Gasteiger partial charge in [0, 0.05) is 55.9 Å². The molecule has 1 aromatic heterocycles. The Morgan fingerprint density at radius 3 is 1.16 bits per heavy atom. The summed E-state index contributed by atoms with van der Waals surface area (Å²) in [7, 11) is 0. The molecule has 0 N–H and O–H groups in total. The molecule has 0 fully saturated rings. The smallest absolute Gasteiger partial charge is 0.0726 e. The zero-order chi connectivity index (χ0) is 78.9. The molecule has 558 valence electrons. The Hall–Kier alpha value is -15.2. The predicted octanol–water partition coefficient (Wildman–Crippen LogP) is 31.2. The van der Waals surface area contributed by atoms with E-state index in [-0.39, 0.29) is 5.41 Å². The van der Waals surface area contributed by atoms with Crippen molar-refractivity contribution in [1.29, 1.82) is 0 Å². The molecule has 19 aromatic carbocycles. The van der Waals surface area contributed by atoms with Gasteiger partial charge in [-0.15, -0.1) is 0 Å². The Morgan fingerprint density at radius 2 is 0.571 bits per heavy atom. The van der Waals surface area contributed by atoms with Crippen LogP contribution in [-0.2, 0) is 10.8 Å². The van der Waals surface area contributed by atoms with Gasteiger partial charge < -0.3 is 14.4 Å². The van der Waals surface area contributed by atoms with Crippen molar-refractivity contribution in [2.24, 2.45) is 0 Å². The number of fused-ring (bicyclic) bond motifs is 17. The molecule has 0 amide bonds. The van der Waals surface area contributed by atoms with Crippen molar-refractivity contribution in [3.05, 3.63) is 476 Å². The summed E-state index contributed by atoms with van der Waals surface area (Å²) in [5, 5.41) is 4.86. The lowest BCUT2D eigenvalue weighted by Crippen LogP contribution is -2.26. The van der Waals surface area contributed by atoms with Crippen molar-refractivity contribution in [2.75, 3.05) is 9.80 Å². The number of hydrogen-bond donors (Lipinski definition) is 0. The summed E-state index contributed by atoms with van der Waals surface area (Å²) in [5.74, 6) is 0. The quantitative estimate of drug-likeness (QED) is 0.107. The molecule has 3 heteroatoms. The van der Waals surface area contributed by atoms with Crippen LogP contribution in [-0.4, -0.2) is 4.57 Å². The van der Waals surface area contributed by atoms with E-state index in [0.29, 0.717) is 0 Å². The van der Waals surface area contributed by atoms with E-state index in [1.54, 1.807) is 0 Å². The first-order valence-corrected chi connectivity index (χ1v) is 41.4. The van der Waals surface area contributed by atoms with Gasteiger partial charge in [-0.05, 0) is 265 Å². The van der Waals surface area contributed by atoms with Gasteiger partial charge in [0.2, 0.25) is 0 Å². The first-order valence-electron chi connectivity index (χ1n) is 41.4. The maximum absolute atomic E-state index is 2.56. The van der Waals surface area contributed by atoms with Crippen LogP contribution in [0.2, 0.25) is 0 Å². The van der Waals surface area contributed by atoms with Crippen LogP contribution in [0.15, 0.2) is 443 Å². The average Bonchev–Trinajstić information content (AvgIpc) is 1.50. The third-order valence-corrected chi connectivity index (χ3v) is 25.8. The Balaban J connectivity index is 0.671. The predicted molar refractivity (Wildman–Crippen MR) is 500 cm³/mol. The molecule has 23 rings (SSSR count). The van der Waals surface area contributed by atoms with Gasteiger partial charge in [0.15, 0.2) is 0 Å². The molecule has 1 spiro atoms. The van der Waals surface area contributed by atoms with E-state index in [1.165, 1.54) is 150 Å². The van der Waals surface area contributed by atoms with Crippen LogP contribution in [0.3, 0.4) is 0 Å². The van der Waals surface area contributed by atoms with Crippen LogP contribution < -0.4 is 9.80 Å². The fourth-order valence-corrected chi connectivity index (χ4v) is 20.1. The van der Waals surface area contributed by atoms with Crippen LogP contribution in [0.4, 0.5) is 34.1 Å². The number of hydrogen-bond acceptors (Lipinski definition) is 2. The monoisotopic (exact) mass is 1510 g/mol. The summed E-state index contributed by atoms with van der Waals surface area (Å²) < 4.78 is 2.47. The minimum atomic E-state index is -0.667. The normalized spacial score (nSPS) is 13.7. The molecule has 1 atom stereocenters. The first kappa shape index (κ1) is 69.4. The summed E-state index contributed by atoms with van der Waals surface area (Å²) in [4.78, 5) is 4.95. The second-order valence-corrected chi connectivity index (χ2v) is 32.6. The highest BCUT2D eigenvalue weighted by atomic mass is 15.2. The lowest BCUT2D eigenvalue weighted by atomic mass is 9.70. The molecule has 3 aliphatic carbocycles. The molecule has 1 heterocycles. The maximum Gasteiger partial charge on any atom is 0.0726 e. The van der Waals surface area contributed by atoms with Crippen LogP contribution in [0.25, 0.3) is 150 Å². The number of aromatic nitrogens is 1. The molecule has 0 saturated heterocycles. The van der Waals surface area contributed by atoms with Crippen molar-refractivity contribution in [3.8, 4) is 117 Å². The van der Waals surface area contributed by atoms with Crippen LogP contribution in [0.1, 0.15) is 47.2 Å². The van der Waals surface area contributed by atoms with Gasteiger partial charge in [-0.3, -0.25) is 0 Å². The second-order valence-electron chi connectivity index (χ2n) is 32.6. The standard InChI is InChI=1S/C116H79N3/c1-115(2)108-74-89(87-45-44-80-32-15-16-33-85(80)70-87)54-66-98(108)99-67-65-96(75-109(99)115)118(93-61-50-83(51-62-93)78-28-11-5-12-29-78)112-43-23-42-107-114(112)101-37-18-20-40-105(101)116(107)104-39-19-17-36-100(104)113-97(38-22-41-106(113)116)90-56-69-111-103(73-90)102-72-88(55-68-110(102)119(111)94-63-52-84(53-64-94)79-30-13-6-14-31-79)86-34-21-35-95(71-86)117(91-57-46-81(47-58-91)76-24-7-3-8-25-76)92-59-48-82(49-60-92)77-26-9-4-10-27-77/h3-75H,1-2H3. The molecule has 0 saturated carbocycles. The molecule has 3 nitrogen and oxygen atoms in total. The molecular formula is C116H79N3. The fourth-order valence-electron chi connectivity index (χ4n) is 20.1. The molecule has 1 unspecified atom stereocenters. The Bertz CT molecular complexity index is 7300. The number of benzene rings is 19. The van der Waals surface area contributed by atoms with E-state index in [0.717, 1.165) is 67.5 Å². The van der Waals surface area contributed by atoms with Gasteiger partial charge in [0.05, 0.1) is 22.1 Å². The van der Waals surface area contributed by atoms with Gasteiger partial charge in [-0.1, -0.05) is 341 Å². The summed E-state index contributed by atoms with van der Waals surface area (Å²) in [5.41, 5.74) is 40.9. The number of anilines is 6. The SMILES string of the molecule is CC1(C)c2cc(-c3ccc4ccccc4c3)ccc2-c2ccc(N(c3ccc(-c4ccccc4)cc3)c3cccc4c3-c3ccccc3C43c4ccccc4-c4c(-c5ccc6c(c5)c5cc(-c7cccc(N(c8ccc(-c9ccccc9)cc8)c8ccc(-c9ccccc9)cc8)c7)ccc5n6-c5ccc(-c6ccccc6)cc5)cccc43)cc21. The molecule has 3 aliphatic rings. The lowest BCUT2D eigenvalue weighted by molar-refractivity contribution is 0.660. The van der Waals surface area contributed by atoms with E-state index in [1.807, 2.05) is 0 Å². The van der Waals surface area contributed by atoms with Crippen molar-refractivity contribution < 1.29 is 0 Å². The van der Waals surface area contributed by atoms with Crippen molar-refractivity contribution in [3.63, 3.8) is 0 Å². The minimum Gasteiger partial charge on any atom is -0.310 e. The number of nitrogens with zero attached hydrogens (tertiary/aromatic N) is 3. The zero-order valence-corrected chi connectivity index (χ0v) is 66.0. The summed E-state index contributed by atoms with van der Waals surface area (Å²) >= 11 is 0. The van der Waals surface area contributed by atoms with Crippen LogP contribution in [0, 0.1) is 0 Å². The number of rotatable bonds is 14.